The quantitative estimate of drug-likeness (QED) is 0.863. The first-order valence-electron chi connectivity index (χ1n) is 7.46. The molecule has 0 radical (unpaired) electrons. The van der Waals surface area contributed by atoms with Gasteiger partial charge < -0.3 is 15.2 Å². The molecule has 1 aliphatic rings. The molecule has 2 aromatic carbocycles. The fourth-order valence-corrected chi connectivity index (χ4v) is 3.41. The molecule has 23 heavy (non-hydrogen) atoms. The number of nitrogens with one attached hydrogen (secondary N) is 1. The van der Waals surface area contributed by atoms with Gasteiger partial charge in [-0.15, -0.1) is 0 Å². The molecular weight excluding hydrogens is 358 g/mol. The van der Waals surface area contributed by atoms with Crippen LogP contribution >= 0.6 is 15.9 Å². The Morgan fingerprint density at radius 1 is 1.35 bits per heavy atom. The van der Waals surface area contributed by atoms with E-state index in [2.05, 4.69) is 21.2 Å². The number of carbonyl (C=O) groups is 1. The summed E-state index contributed by atoms with van der Waals surface area (Å²) in [7, 11) is 1.56. The number of hydrogen-bond donors (Lipinski definition) is 2. The van der Waals surface area contributed by atoms with Crippen LogP contribution in [0.3, 0.4) is 0 Å². The molecule has 0 spiro atoms. The van der Waals surface area contributed by atoms with Crippen LogP contribution in [0.15, 0.2) is 46.9 Å². The van der Waals surface area contributed by atoms with Crippen LogP contribution in [0.5, 0.6) is 5.75 Å². The predicted molar refractivity (Wildman–Crippen MR) is 91.7 cm³/mol. The highest BCUT2D eigenvalue weighted by atomic mass is 79.9. The van der Waals surface area contributed by atoms with Crippen LogP contribution in [0, 0.1) is 0 Å². The van der Waals surface area contributed by atoms with Gasteiger partial charge in [-0.25, -0.2) is 0 Å². The summed E-state index contributed by atoms with van der Waals surface area (Å²) in [5.41, 5.74) is 1.54. The maximum Gasteiger partial charge on any atom is 0.252 e. The van der Waals surface area contributed by atoms with E-state index in [0.717, 1.165) is 17.5 Å². The van der Waals surface area contributed by atoms with Crippen LogP contribution in [0.25, 0.3) is 0 Å². The van der Waals surface area contributed by atoms with Crippen molar-refractivity contribution in [2.75, 3.05) is 13.7 Å². The third-order valence-electron chi connectivity index (χ3n) is 4.29. The number of halogens is 1. The van der Waals surface area contributed by atoms with Crippen LogP contribution in [-0.4, -0.2) is 24.7 Å². The lowest BCUT2D eigenvalue weighted by Gasteiger charge is -2.24. The Labute approximate surface area is 143 Å². The highest BCUT2D eigenvalue weighted by Gasteiger charge is 2.36. The molecule has 120 valence electrons. The molecule has 1 aliphatic carbocycles. The molecule has 2 N–H and O–H groups in total. The molecule has 2 aromatic rings. The van der Waals surface area contributed by atoms with Crippen molar-refractivity contribution >= 4 is 21.8 Å². The summed E-state index contributed by atoms with van der Waals surface area (Å²) in [5, 5.41) is 13.7. The summed E-state index contributed by atoms with van der Waals surface area (Å²) in [6.07, 6.45) is 1.44. The van der Waals surface area contributed by atoms with Gasteiger partial charge in [-0.1, -0.05) is 24.3 Å². The van der Waals surface area contributed by atoms with E-state index in [1.807, 2.05) is 24.3 Å². The molecule has 0 heterocycles. The zero-order valence-electron chi connectivity index (χ0n) is 12.8. The monoisotopic (exact) mass is 375 g/mol. The van der Waals surface area contributed by atoms with Gasteiger partial charge in [0.25, 0.3) is 5.91 Å². The lowest BCUT2D eigenvalue weighted by Crippen LogP contribution is -2.39. The number of aliphatic hydroxyl groups is 1. The topological polar surface area (TPSA) is 58.6 Å². The third kappa shape index (κ3) is 3.12. The number of rotatable bonds is 4. The van der Waals surface area contributed by atoms with Crippen LogP contribution in [0.1, 0.15) is 27.9 Å². The van der Waals surface area contributed by atoms with Gasteiger partial charge in [0.15, 0.2) is 0 Å². The summed E-state index contributed by atoms with van der Waals surface area (Å²) in [6.45, 7) is 0.187. The highest BCUT2D eigenvalue weighted by Crippen LogP contribution is 2.36. The van der Waals surface area contributed by atoms with E-state index in [1.54, 1.807) is 25.3 Å². The smallest absolute Gasteiger partial charge is 0.252 e. The average molecular weight is 376 g/mol. The van der Waals surface area contributed by atoms with Gasteiger partial charge in [-0.05, 0) is 58.1 Å². The standard InChI is InChI=1S/C18H18BrNO3/c1-23-13-6-7-16(19)14(10-13)17(21)20-11-18(22)9-8-12-4-2-3-5-15(12)18/h2-7,10,22H,8-9,11H2,1H3,(H,20,21)/t18-/m1/s1. The summed E-state index contributed by atoms with van der Waals surface area (Å²) < 4.78 is 5.84. The number of fused-ring (bicyclic) bond motifs is 1. The van der Waals surface area contributed by atoms with E-state index in [-0.39, 0.29) is 12.5 Å². The van der Waals surface area contributed by atoms with Crippen LogP contribution < -0.4 is 10.1 Å². The van der Waals surface area contributed by atoms with Gasteiger partial charge in [-0.2, -0.15) is 0 Å². The number of methoxy groups -OCH3 is 1. The molecule has 3 rings (SSSR count). The minimum absolute atomic E-state index is 0.187. The molecule has 1 amide bonds. The number of hydrogen-bond acceptors (Lipinski definition) is 3. The lowest BCUT2D eigenvalue weighted by molar-refractivity contribution is 0.0369. The first kappa shape index (κ1) is 16.0. The minimum atomic E-state index is -1.00. The van der Waals surface area contributed by atoms with E-state index in [9.17, 15) is 9.90 Å². The summed E-state index contributed by atoms with van der Waals surface area (Å²) in [5.74, 6) is 0.372. The second-order valence-corrected chi connectivity index (χ2v) is 6.57. The zero-order valence-corrected chi connectivity index (χ0v) is 14.4. The average Bonchev–Trinajstić information content (AvgIpc) is 2.91. The number of aryl methyl sites for hydroxylation is 1. The van der Waals surface area contributed by atoms with E-state index in [0.29, 0.717) is 22.2 Å². The van der Waals surface area contributed by atoms with Crippen LogP contribution in [0.2, 0.25) is 0 Å². The van der Waals surface area contributed by atoms with Gasteiger partial charge in [0, 0.05) is 4.47 Å². The summed E-state index contributed by atoms with van der Waals surface area (Å²) >= 11 is 3.37. The molecule has 0 saturated carbocycles. The molecule has 0 fully saturated rings. The molecule has 0 aliphatic heterocycles. The molecule has 0 unspecified atom stereocenters. The third-order valence-corrected chi connectivity index (χ3v) is 4.98. The van der Waals surface area contributed by atoms with Crippen molar-refractivity contribution in [1.82, 2.24) is 5.32 Å². The Morgan fingerprint density at radius 3 is 2.91 bits per heavy atom. The van der Waals surface area contributed by atoms with Crippen LogP contribution in [-0.2, 0) is 12.0 Å². The second-order valence-electron chi connectivity index (χ2n) is 5.72. The Kier molecular flexibility index (Phi) is 4.41. The van der Waals surface area contributed by atoms with Crippen molar-refractivity contribution in [3.05, 3.63) is 63.6 Å². The van der Waals surface area contributed by atoms with Gasteiger partial charge in [0.2, 0.25) is 0 Å². The first-order valence-corrected chi connectivity index (χ1v) is 8.25. The Balaban J connectivity index is 1.75. The Hall–Kier alpha value is -1.85. The fraction of sp³-hybridized carbons (Fsp3) is 0.278. The molecule has 0 aromatic heterocycles. The minimum Gasteiger partial charge on any atom is -0.497 e. The summed E-state index contributed by atoms with van der Waals surface area (Å²) in [6, 6.07) is 13.1. The Morgan fingerprint density at radius 2 is 2.13 bits per heavy atom. The van der Waals surface area contributed by atoms with E-state index in [1.165, 1.54) is 0 Å². The Bertz CT molecular complexity index is 747. The fourth-order valence-electron chi connectivity index (χ4n) is 2.98. The maximum atomic E-state index is 12.4. The number of ether oxygens (including phenoxy) is 1. The maximum absolute atomic E-state index is 12.4. The van der Waals surface area contributed by atoms with Crippen LogP contribution in [0.4, 0.5) is 0 Å². The van der Waals surface area contributed by atoms with E-state index < -0.39 is 5.60 Å². The van der Waals surface area contributed by atoms with Gasteiger partial charge in [0.1, 0.15) is 11.4 Å². The van der Waals surface area contributed by atoms with Gasteiger partial charge in [0.05, 0.1) is 19.2 Å². The number of amides is 1. The van der Waals surface area contributed by atoms with Crippen molar-refractivity contribution in [2.24, 2.45) is 0 Å². The van der Waals surface area contributed by atoms with Crippen molar-refractivity contribution < 1.29 is 14.6 Å². The van der Waals surface area contributed by atoms with Crippen molar-refractivity contribution in [2.45, 2.75) is 18.4 Å². The molecule has 0 saturated heterocycles. The molecular formula is C18H18BrNO3. The zero-order chi connectivity index (χ0) is 16.4. The molecule has 1 atom stereocenters. The largest absolute Gasteiger partial charge is 0.497 e. The van der Waals surface area contributed by atoms with Gasteiger partial charge in [-0.3, -0.25) is 4.79 Å². The van der Waals surface area contributed by atoms with Crippen molar-refractivity contribution in [1.29, 1.82) is 0 Å². The van der Waals surface area contributed by atoms with Crippen molar-refractivity contribution in [3.63, 3.8) is 0 Å². The highest BCUT2D eigenvalue weighted by molar-refractivity contribution is 9.10. The number of carbonyl (C=O) groups excluding carboxylic acids is 1. The van der Waals surface area contributed by atoms with Crippen molar-refractivity contribution in [3.8, 4) is 5.75 Å². The SMILES string of the molecule is COc1ccc(Br)c(C(=O)NC[C@]2(O)CCc3ccccc32)c1. The van der Waals surface area contributed by atoms with Gasteiger partial charge >= 0.3 is 0 Å². The van der Waals surface area contributed by atoms with E-state index >= 15 is 0 Å². The normalized spacial score (nSPS) is 19.3. The first-order chi connectivity index (χ1) is 11.0. The molecule has 0 bridgehead atoms. The summed E-state index contributed by atoms with van der Waals surface area (Å²) in [4.78, 5) is 12.4. The predicted octanol–water partition coefficient (Wildman–Crippen LogP) is 3.02. The lowest BCUT2D eigenvalue weighted by atomic mass is 9.96. The van der Waals surface area contributed by atoms with E-state index in [4.69, 9.17) is 4.74 Å². The second kappa shape index (κ2) is 6.34. The molecule has 5 heteroatoms. The molecule has 4 nitrogen and oxygen atoms in total. The number of benzene rings is 2.